The smallest absolute Gasteiger partial charge is 0.123 e. The quantitative estimate of drug-likeness (QED) is 0.853. The van der Waals surface area contributed by atoms with Crippen molar-refractivity contribution in [3.05, 3.63) is 41.3 Å². The lowest BCUT2D eigenvalue weighted by molar-refractivity contribution is 0.277. The third-order valence-corrected chi connectivity index (χ3v) is 5.79. The summed E-state index contributed by atoms with van der Waals surface area (Å²) in [5.74, 6) is -0.196. The predicted octanol–water partition coefficient (Wildman–Crippen LogP) is 3.16. The van der Waals surface area contributed by atoms with E-state index >= 15 is 0 Å². The molecule has 0 amide bonds. The minimum atomic E-state index is -0.196. The first kappa shape index (κ1) is 16.7. The number of likely N-dealkylation sites (tertiary alicyclic amines) is 1. The van der Waals surface area contributed by atoms with Crippen LogP contribution in [-0.4, -0.2) is 52.8 Å². The molecule has 0 saturated carbocycles. The summed E-state index contributed by atoms with van der Waals surface area (Å²) in [6, 6.07) is 7.44. The van der Waals surface area contributed by atoms with Gasteiger partial charge in [-0.2, -0.15) is 5.10 Å². The highest BCUT2D eigenvalue weighted by Gasteiger charge is 2.26. The molecule has 2 aromatic rings. The van der Waals surface area contributed by atoms with Gasteiger partial charge >= 0.3 is 0 Å². The van der Waals surface area contributed by atoms with E-state index in [0.29, 0.717) is 6.04 Å². The molecule has 0 aliphatic carbocycles. The molecule has 1 aromatic carbocycles. The van der Waals surface area contributed by atoms with Crippen molar-refractivity contribution in [1.82, 2.24) is 19.6 Å². The molecule has 0 N–H and O–H groups in total. The SMILES string of the molecule is CN1CCc2c(c(-c3ccc(F)cc3)nn2CC[C@H]2CCCN2C)C1. The van der Waals surface area contributed by atoms with E-state index in [0.717, 1.165) is 43.7 Å². The van der Waals surface area contributed by atoms with Crippen LogP contribution in [0, 0.1) is 5.82 Å². The number of rotatable bonds is 4. The molecule has 1 atom stereocenters. The van der Waals surface area contributed by atoms with Crippen molar-refractivity contribution < 1.29 is 4.39 Å². The molecule has 1 aromatic heterocycles. The van der Waals surface area contributed by atoms with Gasteiger partial charge in [0.15, 0.2) is 0 Å². The zero-order valence-corrected chi connectivity index (χ0v) is 15.2. The number of benzene rings is 1. The maximum atomic E-state index is 13.3. The van der Waals surface area contributed by atoms with Gasteiger partial charge in [0.25, 0.3) is 0 Å². The third kappa shape index (κ3) is 3.35. The molecule has 2 aliphatic rings. The molecule has 2 aliphatic heterocycles. The van der Waals surface area contributed by atoms with Gasteiger partial charge in [0.05, 0.1) is 5.69 Å². The first-order chi connectivity index (χ1) is 12.1. The van der Waals surface area contributed by atoms with Crippen LogP contribution in [0.1, 0.15) is 30.5 Å². The van der Waals surface area contributed by atoms with Gasteiger partial charge in [-0.1, -0.05) is 0 Å². The summed E-state index contributed by atoms with van der Waals surface area (Å²) < 4.78 is 15.5. The average molecular weight is 342 g/mol. The maximum absolute atomic E-state index is 13.3. The van der Waals surface area contributed by atoms with E-state index in [1.807, 2.05) is 12.1 Å². The summed E-state index contributed by atoms with van der Waals surface area (Å²) in [7, 11) is 4.39. The maximum Gasteiger partial charge on any atom is 0.123 e. The topological polar surface area (TPSA) is 24.3 Å². The minimum Gasteiger partial charge on any atom is -0.303 e. The van der Waals surface area contributed by atoms with Crippen LogP contribution in [0.4, 0.5) is 4.39 Å². The lowest BCUT2D eigenvalue weighted by Gasteiger charge is -2.24. The van der Waals surface area contributed by atoms with Crippen LogP contribution >= 0.6 is 0 Å². The van der Waals surface area contributed by atoms with Gasteiger partial charge < -0.3 is 9.80 Å². The lowest BCUT2D eigenvalue weighted by Crippen LogP contribution is -2.29. The Morgan fingerprint density at radius 2 is 1.96 bits per heavy atom. The number of aromatic nitrogens is 2. The Hall–Kier alpha value is -1.72. The summed E-state index contributed by atoms with van der Waals surface area (Å²) in [6.45, 7) is 4.19. The van der Waals surface area contributed by atoms with Crippen molar-refractivity contribution >= 4 is 0 Å². The fraction of sp³-hybridized carbons (Fsp3) is 0.550. The van der Waals surface area contributed by atoms with Crippen molar-refractivity contribution in [3.63, 3.8) is 0 Å². The van der Waals surface area contributed by atoms with E-state index in [9.17, 15) is 4.39 Å². The Labute approximate surface area is 149 Å². The predicted molar refractivity (Wildman–Crippen MR) is 97.9 cm³/mol. The third-order valence-electron chi connectivity index (χ3n) is 5.79. The summed E-state index contributed by atoms with van der Waals surface area (Å²) >= 11 is 0. The number of nitrogens with zero attached hydrogens (tertiary/aromatic N) is 4. The fourth-order valence-electron chi connectivity index (χ4n) is 4.27. The largest absolute Gasteiger partial charge is 0.303 e. The van der Waals surface area contributed by atoms with Crippen LogP contribution in [-0.2, 0) is 19.5 Å². The Morgan fingerprint density at radius 3 is 2.68 bits per heavy atom. The van der Waals surface area contributed by atoms with E-state index in [2.05, 4.69) is 28.6 Å². The number of hydrogen-bond donors (Lipinski definition) is 0. The summed E-state index contributed by atoms with van der Waals surface area (Å²) in [6.07, 6.45) is 4.81. The number of halogens is 1. The molecule has 0 spiro atoms. The molecule has 0 radical (unpaired) electrons. The molecule has 4 nitrogen and oxygen atoms in total. The standard InChI is InChI=1S/C20H27FN4/c1-23-12-10-19-18(14-23)20(15-5-7-16(21)8-6-15)22-25(19)13-9-17-4-3-11-24(17)2/h5-8,17H,3-4,9-14H2,1-2H3/t17-/m1/s1. The highest BCUT2D eigenvalue weighted by atomic mass is 19.1. The molecule has 0 unspecified atom stereocenters. The van der Waals surface area contributed by atoms with Crippen LogP contribution in [0.15, 0.2) is 24.3 Å². The van der Waals surface area contributed by atoms with E-state index in [1.165, 1.54) is 42.8 Å². The van der Waals surface area contributed by atoms with Gasteiger partial charge in [-0.3, -0.25) is 4.68 Å². The fourth-order valence-corrected chi connectivity index (χ4v) is 4.27. The minimum absolute atomic E-state index is 0.196. The normalized spacial score (nSPS) is 21.6. The Bertz CT molecular complexity index is 737. The van der Waals surface area contributed by atoms with Gasteiger partial charge in [-0.25, -0.2) is 4.39 Å². The first-order valence-corrected chi connectivity index (χ1v) is 9.35. The van der Waals surface area contributed by atoms with E-state index in [4.69, 9.17) is 5.10 Å². The van der Waals surface area contributed by atoms with Crippen LogP contribution in [0.5, 0.6) is 0 Å². The second-order valence-electron chi connectivity index (χ2n) is 7.56. The highest BCUT2D eigenvalue weighted by molar-refractivity contribution is 5.64. The van der Waals surface area contributed by atoms with Gasteiger partial charge in [0.2, 0.25) is 0 Å². The summed E-state index contributed by atoms with van der Waals surface area (Å²) in [4.78, 5) is 4.82. The van der Waals surface area contributed by atoms with Gasteiger partial charge in [0.1, 0.15) is 5.82 Å². The Kier molecular flexibility index (Phi) is 4.61. The van der Waals surface area contributed by atoms with Crippen molar-refractivity contribution in [2.75, 3.05) is 27.2 Å². The number of fused-ring (bicyclic) bond motifs is 1. The second-order valence-corrected chi connectivity index (χ2v) is 7.56. The molecule has 5 heteroatoms. The molecule has 1 saturated heterocycles. The molecule has 1 fully saturated rings. The van der Waals surface area contributed by atoms with Crippen molar-refractivity contribution in [2.45, 2.75) is 44.8 Å². The summed E-state index contributed by atoms with van der Waals surface area (Å²) in [5.41, 5.74) is 4.74. The number of aryl methyl sites for hydroxylation is 1. The highest BCUT2D eigenvalue weighted by Crippen LogP contribution is 2.30. The van der Waals surface area contributed by atoms with Gasteiger partial charge in [0, 0.05) is 48.9 Å². The van der Waals surface area contributed by atoms with Gasteiger partial charge in [-0.15, -0.1) is 0 Å². The monoisotopic (exact) mass is 342 g/mol. The van der Waals surface area contributed by atoms with E-state index < -0.39 is 0 Å². The van der Waals surface area contributed by atoms with E-state index in [-0.39, 0.29) is 5.82 Å². The molecular formula is C20H27FN4. The van der Waals surface area contributed by atoms with Crippen molar-refractivity contribution in [3.8, 4) is 11.3 Å². The second kappa shape index (κ2) is 6.89. The molecule has 3 heterocycles. The van der Waals surface area contributed by atoms with Crippen LogP contribution < -0.4 is 0 Å². The molecule has 134 valence electrons. The molecule has 0 bridgehead atoms. The van der Waals surface area contributed by atoms with Crippen LogP contribution in [0.25, 0.3) is 11.3 Å². The van der Waals surface area contributed by atoms with Crippen LogP contribution in [0.2, 0.25) is 0 Å². The number of likely N-dealkylation sites (N-methyl/N-ethyl adjacent to an activating group) is 1. The van der Waals surface area contributed by atoms with Crippen LogP contribution in [0.3, 0.4) is 0 Å². The number of hydrogen-bond acceptors (Lipinski definition) is 3. The van der Waals surface area contributed by atoms with Crippen molar-refractivity contribution in [2.24, 2.45) is 0 Å². The zero-order valence-electron chi connectivity index (χ0n) is 15.2. The summed E-state index contributed by atoms with van der Waals surface area (Å²) in [5, 5.41) is 4.96. The molecular weight excluding hydrogens is 315 g/mol. The van der Waals surface area contributed by atoms with Gasteiger partial charge in [-0.05, 0) is 64.2 Å². The molecule has 4 rings (SSSR count). The Morgan fingerprint density at radius 1 is 1.16 bits per heavy atom. The van der Waals surface area contributed by atoms with Crippen molar-refractivity contribution in [1.29, 1.82) is 0 Å². The first-order valence-electron chi connectivity index (χ1n) is 9.35. The lowest BCUT2D eigenvalue weighted by atomic mass is 10.0. The molecule has 25 heavy (non-hydrogen) atoms. The average Bonchev–Trinajstić information content (AvgIpc) is 3.17. The Balaban J connectivity index is 1.63. The zero-order chi connectivity index (χ0) is 17.4. The van der Waals surface area contributed by atoms with E-state index in [1.54, 1.807) is 0 Å².